The quantitative estimate of drug-likeness (QED) is 0.154. The minimum absolute atomic E-state index is 0.0683. The summed E-state index contributed by atoms with van der Waals surface area (Å²) in [5.41, 5.74) is -0.355. The lowest BCUT2D eigenvalue weighted by atomic mass is 9.73. The van der Waals surface area contributed by atoms with Gasteiger partial charge >= 0.3 is 21.2 Å². The zero-order valence-corrected chi connectivity index (χ0v) is 29.9. The molecule has 1 saturated heterocycles. The number of rotatable bonds is 15. The number of benzene rings is 1. The molecule has 0 bridgehead atoms. The van der Waals surface area contributed by atoms with Crippen LogP contribution in [0.2, 0.25) is 0 Å². The average molecular weight is 721 g/mol. The molecule has 1 aromatic carbocycles. The van der Waals surface area contributed by atoms with Gasteiger partial charge in [0.25, 0.3) is 11.4 Å². The third kappa shape index (κ3) is 15.6. The molecule has 0 spiro atoms. The maximum atomic E-state index is 13.8. The van der Waals surface area contributed by atoms with Crippen molar-refractivity contribution in [2.75, 3.05) is 39.5 Å². The van der Waals surface area contributed by atoms with E-state index in [9.17, 15) is 23.8 Å². The number of carbonyl (C=O) groups excluding carboxylic acids is 3. The van der Waals surface area contributed by atoms with Crippen LogP contribution in [0.5, 0.6) is 0 Å². The number of hydrogen-bond donors (Lipinski definition) is 4. The molecule has 1 aromatic heterocycles. The molecule has 3 unspecified atom stereocenters. The Morgan fingerprint density at radius 2 is 1.76 bits per heavy atom. The number of amides is 3. The first kappa shape index (κ1) is 40.3. The Bertz CT molecular complexity index is 1290. The van der Waals surface area contributed by atoms with Crippen LogP contribution in [0.4, 0.5) is 4.79 Å². The molecule has 5 atom stereocenters. The Hall–Kier alpha value is -3.10. The van der Waals surface area contributed by atoms with Crippen molar-refractivity contribution in [2.45, 2.75) is 69.9 Å². The van der Waals surface area contributed by atoms with Crippen LogP contribution in [-0.4, -0.2) is 102 Å². The van der Waals surface area contributed by atoms with Crippen LogP contribution in [0.3, 0.4) is 0 Å². The standard InChI is InChI=1S/C31H47BN6O9P2/c1-23(2)20-27(36-28(39)25(21-24-10-4-3-5-11-24)35-29(40)26-22-33-12-13-34-26)32-46-17-8-6-14-38(15-7-9-18-47-32)16-19-45-30(41)37-31(48-42)49(43)44/h3-5,10-13,22-23,25,27,31,42,48H,6-9,14-21H2,1-2H3,(H,35,40)(H,36,39)(H,37,41)/t25-,27-,31?/m1/s1. The molecule has 3 rings (SSSR count). The number of carbonyl (C=O) groups is 3. The van der Waals surface area contributed by atoms with Gasteiger partial charge < -0.3 is 34.5 Å². The van der Waals surface area contributed by atoms with Gasteiger partial charge in [-0.3, -0.25) is 24.8 Å². The lowest BCUT2D eigenvalue weighted by Gasteiger charge is -2.29. The summed E-state index contributed by atoms with van der Waals surface area (Å²) in [7, 11) is -4.67. The SMILES string of the molecule is CC(C)C[C@@H](NC(=O)[C@@H](Cc1ccccc1)NC(=O)c1cnccn1)B1OCCCCN(CCOC(=O)NC(PO)[P+](=O)[O-])CCCCO1. The van der Waals surface area contributed by atoms with Gasteiger partial charge in [0.2, 0.25) is 5.91 Å². The van der Waals surface area contributed by atoms with Gasteiger partial charge in [-0.1, -0.05) is 48.7 Å². The zero-order chi connectivity index (χ0) is 35.4. The van der Waals surface area contributed by atoms with Crippen LogP contribution in [-0.2, 0) is 29.8 Å². The number of nitrogens with one attached hydrogen (secondary N) is 3. The van der Waals surface area contributed by atoms with Crippen LogP contribution in [0, 0.1) is 5.92 Å². The van der Waals surface area contributed by atoms with Crippen molar-refractivity contribution >= 4 is 41.9 Å². The van der Waals surface area contributed by atoms with E-state index < -0.39 is 53.5 Å². The van der Waals surface area contributed by atoms with E-state index >= 15 is 0 Å². The fraction of sp³-hybridized carbons (Fsp3) is 0.581. The average Bonchev–Trinajstić information content (AvgIpc) is 3.08. The van der Waals surface area contributed by atoms with E-state index in [2.05, 4.69) is 44.7 Å². The first-order valence-corrected chi connectivity index (χ1v) is 18.8. The smallest absolute Gasteiger partial charge is 0.480 e. The fourth-order valence-corrected chi connectivity index (χ4v) is 5.95. The summed E-state index contributed by atoms with van der Waals surface area (Å²) in [6.07, 6.45) is 7.28. The Morgan fingerprint density at radius 3 is 2.35 bits per heavy atom. The molecule has 268 valence electrons. The Kier molecular flexibility index (Phi) is 18.6. The molecule has 2 heterocycles. The lowest BCUT2D eigenvalue weighted by Crippen LogP contribution is -2.56. The van der Waals surface area contributed by atoms with E-state index in [1.165, 1.54) is 18.6 Å². The van der Waals surface area contributed by atoms with Crippen molar-refractivity contribution in [3.8, 4) is 0 Å². The van der Waals surface area contributed by atoms with Gasteiger partial charge in [-0.25, -0.2) is 9.78 Å². The normalized spacial score (nSPS) is 17.3. The van der Waals surface area contributed by atoms with E-state index in [1.807, 2.05) is 30.3 Å². The summed E-state index contributed by atoms with van der Waals surface area (Å²) in [5, 5.41) is 8.09. The van der Waals surface area contributed by atoms with E-state index in [1.54, 1.807) is 0 Å². The minimum atomic E-state index is -3.00. The predicted molar refractivity (Wildman–Crippen MR) is 184 cm³/mol. The summed E-state index contributed by atoms with van der Waals surface area (Å²) in [5.74, 6) is -1.10. The molecule has 4 N–H and O–H groups in total. The van der Waals surface area contributed by atoms with Gasteiger partial charge in [0.15, 0.2) is 0 Å². The van der Waals surface area contributed by atoms with E-state index in [4.69, 9.17) is 18.9 Å². The summed E-state index contributed by atoms with van der Waals surface area (Å²) in [6.45, 7) is 6.93. The summed E-state index contributed by atoms with van der Waals surface area (Å²) in [6, 6.07) is 8.58. The molecule has 49 heavy (non-hydrogen) atoms. The molecule has 18 heteroatoms. The van der Waals surface area contributed by atoms with Crippen LogP contribution in [0.1, 0.15) is 62.0 Å². The second-order valence-electron chi connectivity index (χ2n) is 12.0. The minimum Gasteiger partial charge on any atom is -0.593 e. The maximum Gasteiger partial charge on any atom is 0.480 e. The molecule has 2 aromatic rings. The van der Waals surface area contributed by atoms with Crippen molar-refractivity contribution < 1.29 is 42.8 Å². The van der Waals surface area contributed by atoms with Crippen molar-refractivity contribution in [1.82, 2.24) is 30.8 Å². The highest BCUT2D eigenvalue weighted by atomic mass is 31.2. The second kappa shape index (κ2) is 22.6. The Balaban J connectivity index is 1.58. The topological polar surface area (TPSA) is 204 Å². The maximum absolute atomic E-state index is 13.8. The third-order valence-corrected chi connectivity index (χ3v) is 9.53. The zero-order valence-electron chi connectivity index (χ0n) is 28.0. The van der Waals surface area contributed by atoms with Crippen LogP contribution < -0.4 is 20.8 Å². The Labute approximate surface area is 290 Å². The van der Waals surface area contributed by atoms with Crippen molar-refractivity contribution in [3.05, 3.63) is 60.2 Å². The summed E-state index contributed by atoms with van der Waals surface area (Å²) >= 11 is 0. The Morgan fingerprint density at radius 1 is 1.06 bits per heavy atom. The van der Waals surface area contributed by atoms with Gasteiger partial charge in [0.05, 0.1) is 20.9 Å². The highest BCUT2D eigenvalue weighted by Crippen LogP contribution is 2.28. The molecule has 1 aliphatic rings. The van der Waals surface area contributed by atoms with E-state index in [-0.39, 0.29) is 30.5 Å². The third-order valence-electron chi connectivity index (χ3n) is 7.61. The summed E-state index contributed by atoms with van der Waals surface area (Å²) in [4.78, 5) is 69.1. The van der Waals surface area contributed by atoms with Gasteiger partial charge in [-0.05, 0) is 56.7 Å². The van der Waals surface area contributed by atoms with E-state index in [0.29, 0.717) is 26.2 Å². The van der Waals surface area contributed by atoms with Gasteiger partial charge in [0.1, 0.15) is 18.3 Å². The molecule has 0 aliphatic carbocycles. The molecular weight excluding hydrogens is 673 g/mol. The molecule has 0 saturated carbocycles. The molecule has 0 radical (unpaired) electrons. The molecule has 1 aliphatic heterocycles. The van der Waals surface area contributed by atoms with Crippen LogP contribution in [0.15, 0.2) is 48.9 Å². The molecular formula is C31H47BN6O9P2. The van der Waals surface area contributed by atoms with Crippen molar-refractivity contribution in [3.63, 3.8) is 0 Å². The highest BCUT2D eigenvalue weighted by molar-refractivity contribution is 7.54. The predicted octanol–water partition coefficient (Wildman–Crippen LogP) is 1.98. The largest absolute Gasteiger partial charge is 0.593 e. The van der Waals surface area contributed by atoms with E-state index in [0.717, 1.165) is 44.3 Å². The van der Waals surface area contributed by atoms with Crippen molar-refractivity contribution in [2.24, 2.45) is 5.92 Å². The van der Waals surface area contributed by atoms with Crippen LogP contribution in [0.25, 0.3) is 0 Å². The van der Waals surface area contributed by atoms with Gasteiger partial charge in [-0.2, -0.15) is 0 Å². The number of hydrogen-bond acceptors (Lipinski definition) is 12. The monoisotopic (exact) mass is 720 g/mol. The number of alkyl carbamates (subject to hydrolysis) is 1. The second-order valence-corrected chi connectivity index (χ2v) is 14.4. The van der Waals surface area contributed by atoms with Crippen LogP contribution >= 0.6 is 16.8 Å². The lowest BCUT2D eigenvalue weighted by molar-refractivity contribution is -0.165. The molecule has 1 fully saturated rings. The molecule has 3 amide bonds. The first-order valence-electron chi connectivity index (χ1n) is 16.5. The summed E-state index contributed by atoms with van der Waals surface area (Å²) < 4.78 is 28.6. The highest BCUT2D eigenvalue weighted by Gasteiger charge is 2.35. The number of nitrogens with zero attached hydrogens (tertiary/aromatic N) is 3. The molecule has 15 nitrogen and oxygen atoms in total. The number of ether oxygens (including phenoxy) is 1. The first-order chi connectivity index (χ1) is 23.7. The number of aromatic nitrogens is 2. The van der Waals surface area contributed by atoms with Gasteiger partial charge in [0, 0.05) is 38.6 Å². The van der Waals surface area contributed by atoms with Crippen molar-refractivity contribution in [1.29, 1.82) is 0 Å². The van der Waals surface area contributed by atoms with Gasteiger partial charge in [-0.15, -0.1) is 0 Å². The fourth-order valence-electron chi connectivity index (χ4n) is 5.18.